The van der Waals surface area contributed by atoms with Gasteiger partial charge in [0.05, 0.1) is 7.11 Å². The van der Waals surface area contributed by atoms with Crippen molar-refractivity contribution >= 4 is 5.91 Å². The molecule has 4 heteroatoms. The first-order valence-corrected chi connectivity index (χ1v) is 4.56. The Morgan fingerprint density at radius 2 is 1.75 bits per heavy atom. The number of hydroxylamine groups is 1. The van der Waals surface area contributed by atoms with Crippen molar-refractivity contribution in [3.8, 4) is 0 Å². The van der Waals surface area contributed by atoms with E-state index in [1.165, 1.54) is 7.11 Å². The molecule has 0 heterocycles. The van der Waals surface area contributed by atoms with Crippen molar-refractivity contribution in [3.63, 3.8) is 0 Å². The SMILES string of the molecule is CONC(=O)[c-]1cccc1.[Fe+2].c1cc[cH-]c1. The molecule has 1 N–H and O–H groups in total. The summed E-state index contributed by atoms with van der Waals surface area (Å²) in [4.78, 5) is 15.3. The van der Waals surface area contributed by atoms with E-state index in [1.54, 1.807) is 24.3 Å². The van der Waals surface area contributed by atoms with Crippen LogP contribution >= 0.6 is 0 Å². The topological polar surface area (TPSA) is 38.3 Å². The monoisotopic (exact) mass is 259 g/mol. The third-order valence-corrected chi connectivity index (χ3v) is 1.68. The summed E-state index contributed by atoms with van der Waals surface area (Å²) in [5.74, 6) is -0.215. The van der Waals surface area contributed by atoms with E-state index in [1.807, 2.05) is 30.3 Å². The zero-order chi connectivity index (χ0) is 10.9. The van der Waals surface area contributed by atoms with Gasteiger partial charge in [0.15, 0.2) is 0 Å². The normalized spacial score (nSPS) is 8.31. The summed E-state index contributed by atoms with van der Waals surface area (Å²) < 4.78 is 0. The number of hydrogen-bond acceptors (Lipinski definition) is 2. The van der Waals surface area contributed by atoms with Crippen LogP contribution in [0.15, 0.2) is 54.6 Å². The molecular weight excluding hydrogens is 246 g/mol. The van der Waals surface area contributed by atoms with Gasteiger partial charge in [0.25, 0.3) is 0 Å². The summed E-state index contributed by atoms with van der Waals surface area (Å²) in [6.45, 7) is 0. The second kappa shape index (κ2) is 8.92. The Morgan fingerprint density at radius 1 is 1.19 bits per heavy atom. The summed E-state index contributed by atoms with van der Waals surface area (Å²) in [7, 11) is 1.40. The van der Waals surface area contributed by atoms with Crippen LogP contribution in [0.25, 0.3) is 0 Å². The van der Waals surface area contributed by atoms with Gasteiger partial charge in [-0.25, -0.2) is 29.7 Å². The van der Waals surface area contributed by atoms with Crippen molar-refractivity contribution < 1.29 is 26.7 Å². The third-order valence-electron chi connectivity index (χ3n) is 1.68. The van der Waals surface area contributed by atoms with Crippen LogP contribution < -0.4 is 5.48 Å². The molecule has 0 atom stereocenters. The first-order chi connectivity index (χ1) is 7.34. The van der Waals surface area contributed by atoms with Crippen LogP contribution in [0.3, 0.4) is 0 Å². The van der Waals surface area contributed by atoms with Crippen molar-refractivity contribution in [2.24, 2.45) is 0 Å². The maximum atomic E-state index is 10.9. The molecule has 0 saturated carbocycles. The minimum atomic E-state index is -0.215. The maximum Gasteiger partial charge on any atom is 2.00 e. The van der Waals surface area contributed by atoms with E-state index in [0.29, 0.717) is 5.56 Å². The van der Waals surface area contributed by atoms with Crippen LogP contribution in [0.2, 0.25) is 0 Å². The Morgan fingerprint density at radius 3 is 2.12 bits per heavy atom. The largest absolute Gasteiger partial charge is 2.00 e. The first-order valence-electron chi connectivity index (χ1n) is 4.56. The molecular formula is C12H13FeNO2. The summed E-state index contributed by atoms with van der Waals surface area (Å²) in [6, 6.07) is 17.0. The maximum absolute atomic E-state index is 10.9. The Balaban J connectivity index is 0.000000318. The second-order valence-corrected chi connectivity index (χ2v) is 2.77. The van der Waals surface area contributed by atoms with E-state index in [9.17, 15) is 4.79 Å². The zero-order valence-corrected chi connectivity index (χ0v) is 9.97. The summed E-state index contributed by atoms with van der Waals surface area (Å²) >= 11 is 0. The van der Waals surface area contributed by atoms with Gasteiger partial charge in [-0.05, 0) is 0 Å². The summed E-state index contributed by atoms with van der Waals surface area (Å²) in [6.07, 6.45) is 0. The summed E-state index contributed by atoms with van der Waals surface area (Å²) in [5.41, 5.74) is 2.82. The molecule has 0 spiro atoms. The minimum Gasteiger partial charge on any atom is -0.282 e. The van der Waals surface area contributed by atoms with E-state index in [0.717, 1.165) is 0 Å². The van der Waals surface area contributed by atoms with Crippen LogP contribution in [0, 0.1) is 0 Å². The third kappa shape index (κ3) is 5.51. The van der Waals surface area contributed by atoms with Crippen molar-refractivity contribution in [3.05, 3.63) is 60.2 Å². The predicted octanol–water partition coefficient (Wildman–Crippen LogP) is 2.10. The summed E-state index contributed by atoms with van der Waals surface area (Å²) in [5, 5.41) is 0. The van der Waals surface area contributed by atoms with Crippen molar-refractivity contribution in [2.45, 2.75) is 0 Å². The molecule has 0 radical (unpaired) electrons. The molecule has 3 nitrogen and oxygen atoms in total. The molecule has 0 unspecified atom stereocenters. The van der Waals surface area contributed by atoms with Crippen LogP contribution in [0.1, 0.15) is 10.4 Å². The number of rotatable bonds is 2. The van der Waals surface area contributed by atoms with E-state index in [2.05, 4.69) is 10.3 Å². The molecule has 1 amide bonds. The van der Waals surface area contributed by atoms with Gasteiger partial charge in [0.1, 0.15) is 0 Å². The predicted molar refractivity (Wildman–Crippen MR) is 58.5 cm³/mol. The van der Waals surface area contributed by atoms with E-state index in [4.69, 9.17) is 0 Å². The average Bonchev–Trinajstić information content (AvgIpc) is 2.95. The molecule has 2 aromatic carbocycles. The Labute approximate surface area is 106 Å². The molecule has 0 aliphatic rings. The number of carbonyl (C=O) groups excluding carboxylic acids is 1. The number of hydrogen-bond donors (Lipinski definition) is 1. The fraction of sp³-hybridized carbons (Fsp3) is 0.0833. The van der Waals surface area contributed by atoms with Crippen molar-refractivity contribution in [1.82, 2.24) is 5.48 Å². The van der Waals surface area contributed by atoms with Crippen LogP contribution in [0.5, 0.6) is 0 Å². The van der Waals surface area contributed by atoms with Gasteiger partial charge in [0, 0.05) is 0 Å². The Kier molecular flexibility index (Phi) is 8.17. The molecule has 0 aromatic heterocycles. The van der Waals surface area contributed by atoms with E-state index >= 15 is 0 Å². The molecule has 0 bridgehead atoms. The van der Waals surface area contributed by atoms with Crippen LogP contribution in [0.4, 0.5) is 0 Å². The van der Waals surface area contributed by atoms with Crippen molar-refractivity contribution in [2.75, 3.05) is 7.11 Å². The average molecular weight is 259 g/mol. The van der Waals surface area contributed by atoms with E-state index < -0.39 is 0 Å². The first kappa shape index (κ1) is 14.6. The molecule has 2 rings (SSSR count). The smallest absolute Gasteiger partial charge is 0.282 e. The zero-order valence-electron chi connectivity index (χ0n) is 8.87. The standard InChI is InChI=1S/C7H8NO2.C5H5.Fe/c1-10-8-7(9)6-4-2-3-5-6;1-2-4-5-3-1;/h2-5H,1H3,(H,8,9);1-5H;/q2*-1;+2. The van der Waals surface area contributed by atoms with Gasteiger partial charge in [-0.2, -0.15) is 30.3 Å². The number of amides is 1. The quantitative estimate of drug-likeness (QED) is 0.509. The van der Waals surface area contributed by atoms with Crippen molar-refractivity contribution in [1.29, 1.82) is 0 Å². The van der Waals surface area contributed by atoms with E-state index in [-0.39, 0.29) is 23.0 Å². The molecule has 0 aliphatic carbocycles. The second-order valence-electron chi connectivity index (χ2n) is 2.77. The van der Waals surface area contributed by atoms with Crippen LogP contribution in [-0.2, 0) is 21.9 Å². The molecule has 16 heavy (non-hydrogen) atoms. The Bertz CT molecular complexity index is 337. The van der Waals surface area contributed by atoms with Gasteiger partial charge < -0.3 is 0 Å². The fourth-order valence-corrected chi connectivity index (χ4v) is 0.998. The molecule has 86 valence electrons. The van der Waals surface area contributed by atoms with Crippen LogP contribution in [-0.4, -0.2) is 13.0 Å². The van der Waals surface area contributed by atoms with Gasteiger partial charge >= 0.3 is 17.1 Å². The van der Waals surface area contributed by atoms with Gasteiger partial charge in [-0.15, -0.1) is 0 Å². The molecule has 2 aromatic rings. The molecule has 0 fully saturated rings. The van der Waals surface area contributed by atoms with Gasteiger partial charge in [-0.3, -0.25) is 9.63 Å². The molecule has 0 aliphatic heterocycles. The van der Waals surface area contributed by atoms with Gasteiger partial charge in [0.2, 0.25) is 5.91 Å². The fourth-order valence-electron chi connectivity index (χ4n) is 0.998. The van der Waals surface area contributed by atoms with Gasteiger partial charge in [-0.1, -0.05) is 5.56 Å². The number of carbonyl (C=O) groups is 1. The molecule has 0 saturated heterocycles. The minimum absolute atomic E-state index is 0. The Hall–Kier alpha value is -1.35. The number of nitrogens with one attached hydrogen (secondary N) is 1.